The molecule has 0 bridgehead atoms. The molecule has 4 atom stereocenters. The van der Waals surface area contributed by atoms with Gasteiger partial charge in [0.05, 0.1) is 24.7 Å². The summed E-state index contributed by atoms with van der Waals surface area (Å²) in [7, 11) is 0. The van der Waals surface area contributed by atoms with Crippen LogP contribution in [0.5, 0.6) is 0 Å². The molecule has 3 unspecified atom stereocenters. The number of carbonyl (C=O) groups is 1. The molecule has 0 radical (unpaired) electrons. The lowest BCUT2D eigenvalue weighted by atomic mass is 9.83. The van der Waals surface area contributed by atoms with E-state index in [4.69, 9.17) is 9.47 Å². The van der Waals surface area contributed by atoms with Gasteiger partial charge < -0.3 is 9.47 Å². The summed E-state index contributed by atoms with van der Waals surface area (Å²) in [5.41, 5.74) is 0. The van der Waals surface area contributed by atoms with Gasteiger partial charge in [-0.3, -0.25) is 4.79 Å². The predicted octanol–water partition coefficient (Wildman–Crippen LogP) is 1.85. The van der Waals surface area contributed by atoms with Gasteiger partial charge in [0.2, 0.25) is 0 Å². The zero-order chi connectivity index (χ0) is 11.2. The minimum Gasteiger partial charge on any atom is -0.465 e. The molecule has 0 aromatic heterocycles. The Labute approximate surface area is 91.1 Å². The van der Waals surface area contributed by atoms with Crippen molar-refractivity contribution in [2.45, 2.75) is 39.9 Å². The van der Waals surface area contributed by atoms with Gasteiger partial charge in [-0.15, -0.1) is 0 Å². The SMILES string of the molecule is CC(C)C1O[C@H](C(C)C)C2COC(=O)C12. The Morgan fingerprint density at radius 3 is 2.27 bits per heavy atom. The molecule has 0 amide bonds. The number of esters is 1. The third-order valence-corrected chi connectivity index (χ3v) is 3.56. The van der Waals surface area contributed by atoms with Gasteiger partial charge in [0.25, 0.3) is 0 Å². The summed E-state index contributed by atoms with van der Waals surface area (Å²) in [6.45, 7) is 9.06. The van der Waals surface area contributed by atoms with E-state index in [1.807, 2.05) is 0 Å². The van der Waals surface area contributed by atoms with E-state index in [9.17, 15) is 4.79 Å². The molecular formula is C12H20O3. The van der Waals surface area contributed by atoms with Gasteiger partial charge in [0, 0.05) is 5.92 Å². The zero-order valence-corrected chi connectivity index (χ0v) is 9.90. The van der Waals surface area contributed by atoms with Crippen molar-refractivity contribution in [2.24, 2.45) is 23.7 Å². The Morgan fingerprint density at radius 2 is 1.73 bits per heavy atom. The van der Waals surface area contributed by atoms with Crippen LogP contribution in [0.15, 0.2) is 0 Å². The molecule has 86 valence electrons. The molecule has 2 aliphatic rings. The molecule has 0 N–H and O–H groups in total. The monoisotopic (exact) mass is 212 g/mol. The van der Waals surface area contributed by atoms with Crippen LogP contribution in [0.1, 0.15) is 27.7 Å². The van der Waals surface area contributed by atoms with Crippen LogP contribution in [0.4, 0.5) is 0 Å². The fourth-order valence-corrected chi connectivity index (χ4v) is 2.82. The number of ether oxygens (including phenoxy) is 2. The van der Waals surface area contributed by atoms with Crippen molar-refractivity contribution in [3.63, 3.8) is 0 Å². The predicted molar refractivity (Wildman–Crippen MR) is 56.3 cm³/mol. The minimum atomic E-state index is -0.0538. The summed E-state index contributed by atoms with van der Waals surface area (Å²) in [4.78, 5) is 11.6. The van der Waals surface area contributed by atoms with E-state index >= 15 is 0 Å². The van der Waals surface area contributed by atoms with E-state index in [1.165, 1.54) is 0 Å². The number of hydrogen-bond donors (Lipinski definition) is 0. The Bertz CT molecular complexity index is 258. The molecule has 3 nitrogen and oxygen atoms in total. The Kier molecular flexibility index (Phi) is 2.75. The average molecular weight is 212 g/mol. The summed E-state index contributed by atoms with van der Waals surface area (Å²) >= 11 is 0. The van der Waals surface area contributed by atoms with E-state index in [0.717, 1.165) is 0 Å². The van der Waals surface area contributed by atoms with Crippen LogP contribution in [0.2, 0.25) is 0 Å². The van der Waals surface area contributed by atoms with Crippen LogP contribution in [-0.4, -0.2) is 24.8 Å². The van der Waals surface area contributed by atoms with Crippen LogP contribution in [-0.2, 0) is 14.3 Å². The summed E-state index contributed by atoms with van der Waals surface area (Å²) < 4.78 is 11.2. The van der Waals surface area contributed by atoms with Crippen molar-refractivity contribution in [3.8, 4) is 0 Å². The first-order chi connectivity index (χ1) is 7.02. The summed E-state index contributed by atoms with van der Waals surface area (Å²) in [5.74, 6) is 1.05. The second kappa shape index (κ2) is 3.78. The highest BCUT2D eigenvalue weighted by Crippen LogP contribution is 2.43. The van der Waals surface area contributed by atoms with E-state index in [0.29, 0.717) is 18.4 Å². The van der Waals surface area contributed by atoms with Crippen LogP contribution >= 0.6 is 0 Å². The number of hydrogen-bond acceptors (Lipinski definition) is 3. The van der Waals surface area contributed by atoms with Gasteiger partial charge >= 0.3 is 5.97 Å². The maximum atomic E-state index is 11.6. The van der Waals surface area contributed by atoms with Crippen molar-refractivity contribution >= 4 is 5.97 Å². The van der Waals surface area contributed by atoms with Crippen molar-refractivity contribution in [1.82, 2.24) is 0 Å². The van der Waals surface area contributed by atoms with Gasteiger partial charge in [-0.2, -0.15) is 0 Å². The Balaban J connectivity index is 2.21. The molecule has 0 aliphatic carbocycles. The second-order valence-electron chi connectivity index (χ2n) is 5.37. The highest BCUT2D eigenvalue weighted by atomic mass is 16.6. The van der Waals surface area contributed by atoms with Gasteiger partial charge in [0.15, 0.2) is 0 Å². The number of rotatable bonds is 2. The summed E-state index contributed by atoms with van der Waals surface area (Å²) in [5, 5.41) is 0. The van der Waals surface area contributed by atoms with Crippen molar-refractivity contribution in [3.05, 3.63) is 0 Å². The van der Waals surface area contributed by atoms with Crippen molar-refractivity contribution in [1.29, 1.82) is 0 Å². The molecule has 0 spiro atoms. The van der Waals surface area contributed by atoms with Gasteiger partial charge in [0.1, 0.15) is 0 Å². The van der Waals surface area contributed by atoms with E-state index in [2.05, 4.69) is 27.7 Å². The largest absolute Gasteiger partial charge is 0.465 e. The fraction of sp³-hybridized carbons (Fsp3) is 0.917. The molecule has 2 fully saturated rings. The van der Waals surface area contributed by atoms with Crippen molar-refractivity contribution < 1.29 is 14.3 Å². The molecule has 2 rings (SSSR count). The third-order valence-electron chi connectivity index (χ3n) is 3.56. The summed E-state index contributed by atoms with van der Waals surface area (Å²) in [6.07, 6.45) is 0.242. The number of carbonyl (C=O) groups excluding carboxylic acids is 1. The van der Waals surface area contributed by atoms with Crippen LogP contribution in [0.3, 0.4) is 0 Å². The normalized spacial score (nSPS) is 40.0. The maximum absolute atomic E-state index is 11.6. The molecule has 3 heteroatoms. The Hall–Kier alpha value is -0.570. The molecular weight excluding hydrogens is 192 g/mol. The lowest BCUT2D eigenvalue weighted by molar-refractivity contribution is -0.146. The smallest absolute Gasteiger partial charge is 0.312 e. The van der Waals surface area contributed by atoms with Crippen molar-refractivity contribution in [2.75, 3.05) is 6.61 Å². The highest BCUT2D eigenvalue weighted by molar-refractivity contribution is 5.76. The van der Waals surface area contributed by atoms with E-state index in [-0.39, 0.29) is 30.0 Å². The lowest BCUT2D eigenvalue weighted by Gasteiger charge is -2.22. The molecule has 2 heterocycles. The first-order valence-corrected chi connectivity index (χ1v) is 5.84. The minimum absolute atomic E-state index is 0.0163. The molecule has 0 saturated carbocycles. The van der Waals surface area contributed by atoms with Crippen LogP contribution < -0.4 is 0 Å². The van der Waals surface area contributed by atoms with Gasteiger partial charge in [-0.1, -0.05) is 27.7 Å². The molecule has 15 heavy (non-hydrogen) atoms. The first kappa shape index (κ1) is 10.9. The molecule has 2 saturated heterocycles. The average Bonchev–Trinajstić information content (AvgIpc) is 2.66. The lowest BCUT2D eigenvalue weighted by Crippen LogP contribution is -2.28. The topological polar surface area (TPSA) is 35.5 Å². The molecule has 2 aliphatic heterocycles. The van der Waals surface area contributed by atoms with E-state index < -0.39 is 0 Å². The van der Waals surface area contributed by atoms with Gasteiger partial charge in [-0.05, 0) is 11.8 Å². The molecule has 0 aromatic carbocycles. The van der Waals surface area contributed by atoms with Crippen LogP contribution in [0.25, 0.3) is 0 Å². The van der Waals surface area contributed by atoms with E-state index in [1.54, 1.807) is 0 Å². The highest BCUT2D eigenvalue weighted by Gasteiger charge is 2.54. The fourth-order valence-electron chi connectivity index (χ4n) is 2.82. The standard InChI is InChI=1S/C12H20O3/c1-6(2)10-8-5-14-12(13)9(8)11(15-10)7(3)4/h6-11H,5H2,1-4H3/t8?,9?,10-,11?/m1/s1. The number of cyclic esters (lactones) is 1. The quantitative estimate of drug-likeness (QED) is 0.655. The third kappa shape index (κ3) is 1.67. The van der Waals surface area contributed by atoms with Crippen LogP contribution in [0, 0.1) is 23.7 Å². The molecule has 0 aromatic rings. The van der Waals surface area contributed by atoms with Gasteiger partial charge in [-0.25, -0.2) is 0 Å². The first-order valence-electron chi connectivity index (χ1n) is 5.84. The Morgan fingerprint density at radius 1 is 1.13 bits per heavy atom. The number of fused-ring (bicyclic) bond motifs is 1. The second-order valence-corrected chi connectivity index (χ2v) is 5.37. The summed E-state index contributed by atoms with van der Waals surface area (Å²) in [6, 6.07) is 0. The zero-order valence-electron chi connectivity index (χ0n) is 9.90. The maximum Gasteiger partial charge on any atom is 0.312 e.